The van der Waals surface area contributed by atoms with E-state index in [4.69, 9.17) is 9.40 Å². The van der Waals surface area contributed by atoms with Crippen molar-refractivity contribution in [2.45, 2.75) is 64.7 Å². The van der Waals surface area contributed by atoms with Crippen molar-refractivity contribution in [2.24, 2.45) is 0 Å². The van der Waals surface area contributed by atoms with Gasteiger partial charge in [0.25, 0.3) is 0 Å². The molecule has 3 atom stereocenters. The van der Waals surface area contributed by atoms with Gasteiger partial charge in [-0.25, -0.2) is 0 Å². The van der Waals surface area contributed by atoms with Crippen LogP contribution in [0, 0.1) is 0 Å². The van der Waals surface area contributed by atoms with Crippen molar-refractivity contribution in [2.75, 3.05) is 6.54 Å². The standard InChI is InChI=1S/C27H36N2OP2/c1-5-14-29(27(32)22-13-15-30-17-22)20(4)11-12-25-23(18-31)16-24(26(28-25)19(2)3)21-9-7-6-8-10-21/h6-10,13,15-20,27,31H,5,11-12,14,32H2,1-4H3. The molecule has 0 bridgehead atoms. The van der Waals surface area contributed by atoms with Crippen LogP contribution < -0.4 is 0 Å². The fourth-order valence-corrected chi connectivity index (χ4v) is 5.12. The molecule has 0 aliphatic carbocycles. The first-order valence-electron chi connectivity index (χ1n) is 11.6. The van der Waals surface area contributed by atoms with Crippen LogP contribution in [0.2, 0.25) is 0 Å². The summed E-state index contributed by atoms with van der Waals surface area (Å²) in [6.45, 7) is 10.1. The van der Waals surface area contributed by atoms with E-state index in [0.717, 1.165) is 37.1 Å². The molecule has 1 aromatic carbocycles. The molecule has 32 heavy (non-hydrogen) atoms. The van der Waals surface area contributed by atoms with E-state index in [1.54, 1.807) is 6.26 Å². The van der Waals surface area contributed by atoms with E-state index in [1.807, 2.05) is 12.1 Å². The minimum absolute atomic E-state index is 0.255. The van der Waals surface area contributed by atoms with Crippen LogP contribution in [0.4, 0.5) is 0 Å². The number of aromatic nitrogens is 1. The molecule has 3 nitrogen and oxygen atoms in total. The molecule has 0 amide bonds. The molecule has 3 rings (SSSR count). The van der Waals surface area contributed by atoms with Gasteiger partial charge >= 0.3 is 0 Å². The number of furan rings is 1. The van der Waals surface area contributed by atoms with E-state index in [-0.39, 0.29) is 5.78 Å². The lowest BCUT2D eigenvalue weighted by Gasteiger charge is -2.34. The molecule has 0 fully saturated rings. The number of pyridine rings is 1. The largest absolute Gasteiger partial charge is 0.472 e. The van der Waals surface area contributed by atoms with Gasteiger partial charge in [-0.05, 0) is 62.1 Å². The second kappa shape index (κ2) is 11.9. The molecule has 0 saturated carbocycles. The van der Waals surface area contributed by atoms with Gasteiger partial charge in [-0.3, -0.25) is 9.88 Å². The highest BCUT2D eigenvalue weighted by atomic mass is 31.0. The van der Waals surface area contributed by atoms with E-state index in [2.05, 4.69) is 93.2 Å². The number of hydrogen-bond acceptors (Lipinski definition) is 3. The molecular formula is C27H36N2OP2. The number of hydrogen-bond donors (Lipinski definition) is 0. The number of nitrogens with zero attached hydrogens (tertiary/aromatic N) is 2. The molecular weight excluding hydrogens is 430 g/mol. The van der Waals surface area contributed by atoms with Gasteiger partial charge < -0.3 is 4.42 Å². The van der Waals surface area contributed by atoms with Gasteiger partial charge in [-0.1, -0.05) is 51.1 Å². The van der Waals surface area contributed by atoms with Gasteiger partial charge in [0.05, 0.1) is 24.0 Å². The van der Waals surface area contributed by atoms with Crippen LogP contribution in [0.15, 0.2) is 59.4 Å². The molecule has 5 heteroatoms. The van der Waals surface area contributed by atoms with E-state index < -0.39 is 0 Å². The Hall–Kier alpha value is -1.79. The Bertz CT molecular complexity index is 986. The van der Waals surface area contributed by atoms with Crippen molar-refractivity contribution in [1.29, 1.82) is 0 Å². The quantitative estimate of drug-likeness (QED) is 0.276. The van der Waals surface area contributed by atoms with Crippen molar-refractivity contribution in [1.82, 2.24) is 9.88 Å². The summed E-state index contributed by atoms with van der Waals surface area (Å²) in [6, 6.07) is 15.3. The van der Waals surface area contributed by atoms with Gasteiger partial charge in [0.1, 0.15) is 0 Å². The van der Waals surface area contributed by atoms with Crippen molar-refractivity contribution < 1.29 is 4.42 Å². The fourth-order valence-electron chi connectivity index (χ4n) is 4.24. The lowest BCUT2D eigenvalue weighted by Crippen LogP contribution is -2.35. The maximum absolute atomic E-state index is 5.33. The Kier molecular flexibility index (Phi) is 9.23. The van der Waals surface area contributed by atoms with E-state index in [0.29, 0.717) is 12.0 Å². The van der Waals surface area contributed by atoms with Crippen LogP contribution in [0.5, 0.6) is 0 Å². The third kappa shape index (κ3) is 5.96. The molecule has 0 aliphatic heterocycles. The molecule has 0 spiro atoms. The van der Waals surface area contributed by atoms with E-state index in [9.17, 15) is 0 Å². The number of benzene rings is 1. The van der Waals surface area contributed by atoms with E-state index in [1.165, 1.54) is 22.4 Å². The molecule has 3 aromatic rings. The summed E-state index contributed by atoms with van der Waals surface area (Å²) >= 11 is 0. The molecule has 0 radical (unpaired) electrons. The van der Waals surface area contributed by atoms with Crippen molar-refractivity contribution in [3.8, 4) is 11.1 Å². The summed E-state index contributed by atoms with van der Waals surface area (Å²) in [6.07, 6.45) is 6.71. The molecule has 0 N–H and O–H groups in total. The highest BCUT2D eigenvalue weighted by Gasteiger charge is 2.22. The Morgan fingerprint density at radius 2 is 1.91 bits per heavy atom. The van der Waals surface area contributed by atoms with Gasteiger partial charge in [-0.2, -0.15) is 0 Å². The van der Waals surface area contributed by atoms with Gasteiger partial charge in [0, 0.05) is 28.4 Å². The zero-order chi connectivity index (χ0) is 23.1. The lowest BCUT2D eigenvalue weighted by molar-refractivity contribution is 0.184. The average Bonchev–Trinajstić information content (AvgIpc) is 3.35. The maximum atomic E-state index is 5.33. The number of aryl methyl sites for hydroxylation is 1. The van der Waals surface area contributed by atoms with Gasteiger partial charge in [0.15, 0.2) is 0 Å². The summed E-state index contributed by atoms with van der Waals surface area (Å²) in [7, 11) is 6.65. The molecule has 170 valence electrons. The first-order valence-corrected chi connectivity index (χ1v) is 12.8. The van der Waals surface area contributed by atoms with Crippen LogP contribution in [0.3, 0.4) is 0 Å². The molecule has 0 aliphatic rings. The lowest BCUT2D eigenvalue weighted by atomic mass is 9.94. The fraction of sp³-hybridized carbons (Fsp3) is 0.407. The van der Waals surface area contributed by atoms with Crippen LogP contribution in [-0.4, -0.2) is 28.3 Å². The van der Waals surface area contributed by atoms with Gasteiger partial charge in [-0.15, -0.1) is 18.1 Å². The summed E-state index contributed by atoms with van der Waals surface area (Å²) < 4.78 is 5.33. The first-order chi connectivity index (χ1) is 15.5. The minimum Gasteiger partial charge on any atom is -0.472 e. The summed E-state index contributed by atoms with van der Waals surface area (Å²) in [5, 5.41) is 0. The predicted molar refractivity (Wildman–Crippen MR) is 143 cm³/mol. The second-order valence-corrected chi connectivity index (χ2v) is 9.67. The SMILES string of the molecule is CCCN(C(C)CCc1nc(C(C)C)c(-c2ccccc2)cc1C=P)C(P)c1ccoc1. The van der Waals surface area contributed by atoms with Crippen molar-refractivity contribution >= 4 is 23.9 Å². The van der Waals surface area contributed by atoms with Crippen molar-refractivity contribution in [3.05, 3.63) is 77.5 Å². The highest BCUT2D eigenvalue weighted by molar-refractivity contribution is 7.19. The van der Waals surface area contributed by atoms with E-state index >= 15 is 0 Å². The summed E-state index contributed by atoms with van der Waals surface area (Å²) in [5.74, 6) is 2.63. The second-order valence-electron chi connectivity index (χ2n) is 8.75. The molecule has 2 heterocycles. The third-order valence-electron chi connectivity index (χ3n) is 6.04. The molecule has 0 saturated heterocycles. The topological polar surface area (TPSA) is 29.3 Å². The Labute approximate surface area is 198 Å². The first kappa shape index (κ1) is 24.8. The Morgan fingerprint density at radius 3 is 2.50 bits per heavy atom. The van der Waals surface area contributed by atoms with Crippen LogP contribution in [-0.2, 0) is 6.42 Å². The normalized spacial score (nSPS) is 13.5. The monoisotopic (exact) mass is 466 g/mol. The zero-order valence-corrected chi connectivity index (χ0v) is 21.9. The van der Waals surface area contributed by atoms with Crippen LogP contribution >= 0.6 is 18.1 Å². The summed E-state index contributed by atoms with van der Waals surface area (Å²) in [5.41, 5.74) is 7.14. The smallest absolute Gasteiger partial charge is 0.0953 e. The molecule has 3 unspecified atom stereocenters. The van der Waals surface area contributed by atoms with Crippen molar-refractivity contribution in [3.63, 3.8) is 0 Å². The number of rotatable bonds is 11. The van der Waals surface area contributed by atoms with Crippen LogP contribution in [0.1, 0.15) is 74.8 Å². The van der Waals surface area contributed by atoms with Gasteiger partial charge in [0.2, 0.25) is 0 Å². The third-order valence-corrected chi connectivity index (χ3v) is 7.12. The molecule has 2 aromatic heterocycles. The Morgan fingerprint density at radius 1 is 1.16 bits per heavy atom. The zero-order valence-electron chi connectivity index (χ0n) is 19.7. The summed E-state index contributed by atoms with van der Waals surface area (Å²) in [4.78, 5) is 7.74. The predicted octanol–water partition coefficient (Wildman–Crippen LogP) is 7.37. The Balaban J connectivity index is 1.84. The maximum Gasteiger partial charge on any atom is 0.0953 e. The van der Waals surface area contributed by atoms with Crippen LogP contribution in [0.25, 0.3) is 11.1 Å². The highest BCUT2D eigenvalue weighted by Crippen LogP contribution is 2.32. The average molecular weight is 467 g/mol. The minimum atomic E-state index is 0.255.